The molecule has 1 atom stereocenters. The molecule has 1 heterocycles. The summed E-state index contributed by atoms with van der Waals surface area (Å²) in [6.07, 6.45) is -7.37. The van der Waals surface area contributed by atoms with Crippen LogP contribution in [0.4, 0.5) is 13.2 Å². The van der Waals surface area contributed by atoms with Crippen LogP contribution >= 0.6 is 0 Å². The minimum Gasteiger partial charge on any atom is -0.382 e. The molecule has 0 saturated carbocycles. The number of aromatic nitrogens is 4. The van der Waals surface area contributed by atoms with Crippen molar-refractivity contribution in [1.82, 2.24) is 25.1 Å². The third-order valence-electron chi connectivity index (χ3n) is 3.01. The maximum atomic E-state index is 12.3. The number of hydrogen-bond donors (Lipinski definition) is 1. The molecule has 0 fully saturated rings. The summed E-state index contributed by atoms with van der Waals surface area (Å²) < 4.78 is 36.8. The summed E-state index contributed by atoms with van der Waals surface area (Å²) in [5, 5.41) is 20.4. The van der Waals surface area contributed by atoms with Gasteiger partial charge in [0.15, 0.2) is 6.10 Å². The fraction of sp³-hybridized carbons (Fsp3) is 0.385. The Kier molecular flexibility index (Phi) is 4.94. The highest BCUT2D eigenvalue weighted by Crippen LogP contribution is 2.20. The van der Waals surface area contributed by atoms with Crippen molar-refractivity contribution in [3.8, 4) is 11.4 Å². The Morgan fingerprint density at radius 1 is 1.35 bits per heavy atom. The molecule has 0 bridgehead atoms. The lowest BCUT2D eigenvalue weighted by Crippen LogP contribution is -2.43. The van der Waals surface area contributed by atoms with Gasteiger partial charge in [0.2, 0.25) is 11.7 Å². The minimum atomic E-state index is -4.78. The molecule has 1 aromatic carbocycles. The fourth-order valence-electron chi connectivity index (χ4n) is 1.72. The van der Waals surface area contributed by atoms with Crippen molar-refractivity contribution in [2.24, 2.45) is 0 Å². The molecule has 23 heavy (non-hydrogen) atoms. The van der Waals surface area contributed by atoms with Gasteiger partial charge >= 0.3 is 6.18 Å². The SMILES string of the molecule is CN(C[C@H](O)C(F)(F)F)C(=O)Cn1nnc(-c2ccccc2)n1. The van der Waals surface area contributed by atoms with E-state index in [1.54, 1.807) is 24.3 Å². The van der Waals surface area contributed by atoms with E-state index in [-0.39, 0.29) is 6.54 Å². The Morgan fingerprint density at radius 3 is 2.61 bits per heavy atom. The molecule has 2 rings (SSSR count). The molecule has 1 aromatic heterocycles. The highest BCUT2D eigenvalue weighted by molar-refractivity contribution is 5.75. The van der Waals surface area contributed by atoms with Gasteiger partial charge in [0.25, 0.3) is 0 Å². The lowest BCUT2D eigenvalue weighted by atomic mass is 10.2. The second kappa shape index (κ2) is 6.73. The number of rotatable bonds is 5. The molecule has 0 aliphatic rings. The second-order valence-corrected chi connectivity index (χ2v) is 4.84. The highest BCUT2D eigenvalue weighted by atomic mass is 19.4. The van der Waals surface area contributed by atoms with Crippen LogP contribution in [0.25, 0.3) is 11.4 Å². The van der Waals surface area contributed by atoms with Crippen LogP contribution in [0.3, 0.4) is 0 Å². The zero-order chi connectivity index (χ0) is 17.0. The molecule has 0 spiro atoms. The van der Waals surface area contributed by atoms with Gasteiger partial charge in [0.1, 0.15) is 6.54 Å². The van der Waals surface area contributed by atoms with E-state index in [9.17, 15) is 18.0 Å². The predicted octanol–water partition coefficient (Wildman–Crippen LogP) is 0.722. The fourth-order valence-corrected chi connectivity index (χ4v) is 1.72. The van der Waals surface area contributed by atoms with Crippen molar-refractivity contribution >= 4 is 5.91 Å². The van der Waals surface area contributed by atoms with Crippen molar-refractivity contribution in [3.05, 3.63) is 30.3 Å². The van der Waals surface area contributed by atoms with Crippen LogP contribution in [0.15, 0.2) is 30.3 Å². The van der Waals surface area contributed by atoms with Gasteiger partial charge in [-0.25, -0.2) is 0 Å². The first-order chi connectivity index (χ1) is 10.8. The van der Waals surface area contributed by atoms with Crippen LogP contribution in [0.1, 0.15) is 0 Å². The first-order valence-corrected chi connectivity index (χ1v) is 6.59. The molecular formula is C13H14F3N5O2. The first kappa shape index (κ1) is 16.9. The number of hydrogen-bond acceptors (Lipinski definition) is 5. The zero-order valence-corrected chi connectivity index (χ0v) is 12.1. The summed E-state index contributed by atoms with van der Waals surface area (Å²) in [5.41, 5.74) is 0.701. The molecule has 0 radical (unpaired) electrons. The molecule has 0 saturated heterocycles. The van der Waals surface area contributed by atoms with Gasteiger partial charge in [-0.1, -0.05) is 30.3 Å². The third-order valence-corrected chi connectivity index (χ3v) is 3.01. The maximum absolute atomic E-state index is 12.3. The normalized spacial score (nSPS) is 12.9. The van der Waals surface area contributed by atoms with Crippen LogP contribution < -0.4 is 0 Å². The van der Waals surface area contributed by atoms with Gasteiger partial charge < -0.3 is 10.0 Å². The Labute approximate surface area is 129 Å². The number of nitrogens with zero attached hydrogens (tertiary/aromatic N) is 5. The van der Waals surface area contributed by atoms with E-state index in [0.29, 0.717) is 11.4 Å². The van der Waals surface area contributed by atoms with Crippen LogP contribution in [0, 0.1) is 0 Å². The quantitative estimate of drug-likeness (QED) is 0.874. The summed E-state index contributed by atoms with van der Waals surface area (Å²) in [4.78, 5) is 13.6. The smallest absolute Gasteiger partial charge is 0.382 e. The highest BCUT2D eigenvalue weighted by Gasteiger charge is 2.39. The third kappa shape index (κ3) is 4.49. The topological polar surface area (TPSA) is 84.1 Å². The van der Waals surface area contributed by atoms with Crippen LogP contribution in [0.2, 0.25) is 0 Å². The van der Waals surface area contributed by atoms with E-state index in [1.165, 1.54) is 0 Å². The molecule has 0 unspecified atom stereocenters. The molecule has 124 valence electrons. The van der Waals surface area contributed by atoms with Gasteiger partial charge in [-0.15, -0.1) is 10.2 Å². The average Bonchev–Trinajstić information content (AvgIpc) is 2.95. The van der Waals surface area contributed by atoms with Gasteiger partial charge in [0.05, 0.1) is 6.54 Å². The molecule has 0 aliphatic carbocycles. The Bertz CT molecular complexity index is 659. The Morgan fingerprint density at radius 2 is 2.00 bits per heavy atom. The lowest BCUT2D eigenvalue weighted by molar-refractivity contribution is -0.207. The van der Waals surface area contributed by atoms with Crippen molar-refractivity contribution in [2.75, 3.05) is 13.6 Å². The number of amides is 1. The van der Waals surface area contributed by atoms with Crippen molar-refractivity contribution in [3.63, 3.8) is 0 Å². The maximum Gasteiger partial charge on any atom is 0.416 e. The minimum absolute atomic E-state index is 0.302. The summed E-state index contributed by atoms with van der Waals surface area (Å²) in [5.74, 6) is -0.373. The molecule has 10 heteroatoms. The predicted molar refractivity (Wildman–Crippen MR) is 73.0 cm³/mol. The van der Waals surface area contributed by atoms with Gasteiger partial charge in [-0.3, -0.25) is 4.79 Å². The van der Waals surface area contributed by atoms with Crippen molar-refractivity contribution in [1.29, 1.82) is 0 Å². The molecule has 0 aliphatic heterocycles. The number of benzene rings is 1. The number of aliphatic hydroxyl groups is 1. The summed E-state index contributed by atoms with van der Waals surface area (Å²) in [6.45, 7) is -1.23. The standard InChI is InChI=1S/C13H14F3N5O2/c1-20(7-10(22)13(14,15)16)11(23)8-21-18-12(17-19-21)9-5-3-2-4-6-9/h2-6,10,22H,7-8H2,1H3/t10-/m0/s1. The van der Waals surface area contributed by atoms with Crippen LogP contribution in [0.5, 0.6) is 0 Å². The molecule has 1 N–H and O–H groups in total. The van der Waals surface area contributed by atoms with E-state index < -0.39 is 24.7 Å². The molecule has 1 amide bonds. The number of aliphatic hydroxyl groups excluding tert-OH is 1. The number of halogens is 3. The number of tetrazole rings is 1. The van der Waals surface area contributed by atoms with Crippen molar-refractivity contribution < 1.29 is 23.1 Å². The number of likely N-dealkylation sites (N-methyl/N-ethyl adjacent to an activating group) is 1. The zero-order valence-electron chi connectivity index (χ0n) is 12.1. The van der Waals surface area contributed by atoms with Crippen molar-refractivity contribution in [2.45, 2.75) is 18.8 Å². The van der Waals surface area contributed by atoms with E-state index in [1.807, 2.05) is 6.07 Å². The average molecular weight is 329 g/mol. The Hall–Kier alpha value is -2.49. The van der Waals surface area contributed by atoms with Gasteiger partial charge in [0, 0.05) is 12.6 Å². The number of alkyl halides is 3. The largest absolute Gasteiger partial charge is 0.416 e. The Balaban J connectivity index is 1.97. The van der Waals surface area contributed by atoms with Gasteiger partial charge in [-0.2, -0.15) is 18.0 Å². The number of carbonyl (C=O) groups is 1. The van der Waals surface area contributed by atoms with Gasteiger partial charge in [-0.05, 0) is 5.21 Å². The summed E-state index contributed by atoms with van der Waals surface area (Å²) in [6, 6.07) is 8.91. The monoisotopic (exact) mass is 329 g/mol. The van der Waals surface area contributed by atoms with E-state index in [0.717, 1.165) is 16.7 Å². The summed E-state index contributed by atoms with van der Waals surface area (Å²) >= 11 is 0. The molecular weight excluding hydrogens is 315 g/mol. The summed E-state index contributed by atoms with van der Waals surface area (Å²) in [7, 11) is 1.16. The van der Waals surface area contributed by atoms with E-state index in [2.05, 4.69) is 15.4 Å². The molecule has 7 nitrogen and oxygen atoms in total. The second-order valence-electron chi connectivity index (χ2n) is 4.84. The van der Waals surface area contributed by atoms with Crippen LogP contribution in [-0.4, -0.2) is 62.0 Å². The van der Waals surface area contributed by atoms with E-state index >= 15 is 0 Å². The van der Waals surface area contributed by atoms with Crippen LogP contribution in [-0.2, 0) is 11.3 Å². The van der Waals surface area contributed by atoms with E-state index in [4.69, 9.17) is 5.11 Å². The first-order valence-electron chi connectivity index (χ1n) is 6.59. The number of carbonyl (C=O) groups excluding carboxylic acids is 1. The lowest BCUT2D eigenvalue weighted by Gasteiger charge is -2.22. The molecule has 2 aromatic rings.